The van der Waals surface area contributed by atoms with E-state index in [1.807, 2.05) is 69.9 Å². The predicted octanol–water partition coefficient (Wildman–Crippen LogP) is 5.87. The lowest BCUT2D eigenvalue weighted by Gasteiger charge is -2.42. The Morgan fingerprint density at radius 3 is 2.30 bits per heavy atom. The van der Waals surface area contributed by atoms with Crippen molar-refractivity contribution in [2.45, 2.75) is 84.0 Å². The number of nitrogens with zero attached hydrogens (tertiary/aromatic N) is 2. The summed E-state index contributed by atoms with van der Waals surface area (Å²) >= 11 is 0. The van der Waals surface area contributed by atoms with Gasteiger partial charge in [0.1, 0.15) is 17.1 Å². The van der Waals surface area contributed by atoms with Crippen LogP contribution in [-0.2, 0) is 4.74 Å². The minimum absolute atomic E-state index is 0.108. The molecule has 2 bridgehead atoms. The summed E-state index contributed by atoms with van der Waals surface area (Å²) in [7, 11) is 1.64. The van der Waals surface area contributed by atoms with Gasteiger partial charge in [-0.3, -0.25) is 9.69 Å². The Morgan fingerprint density at radius 2 is 1.68 bits per heavy atom. The minimum atomic E-state index is -0.514. The van der Waals surface area contributed by atoms with Crippen molar-refractivity contribution in [1.82, 2.24) is 10.2 Å². The van der Waals surface area contributed by atoms with E-state index in [2.05, 4.69) is 16.3 Å². The molecule has 2 saturated heterocycles. The maximum atomic E-state index is 13.5. The molecule has 0 aromatic heterocycles. The molecule has 5 rings (SSSR count). The molecule has 3 fully saturated rings. The number of aryl methyl sites for hydroxylation is 1. The van der Waals surface area contributed by atoms with Crippen molar-refractivity contribution < 1.29 is 23.8 Å². The first-order chi connectivity index (χ1) is 19.0. The highest BCUT2D eigenvalue weighted by Gasteiger charge is 2.44. The first kappa shape index (κ1) is 28.1. The van der Waals surface area contributed by atoms with Crippen LogP contribution in [0.2, 0.25) is 0 Å². The molecule has 0 spiro atoms. The number of hydrogen-bond acceptors (Lipinski definition) is 6. The van der Waals surface area contributed by atoms with E-state index in [0.717, 1.165) is 48.5 Å². The summed E-state index contributed by atoms with van der Waals surface area (Å²) in [5, 5.41) is 3.17. The lowest BCUT2D eigenvalue weighted by atomic mass is 10.0. The Hall–Kier alpha value is -3.42. The smallest absolute Gasteiger partial charge is 0.410 e. The van der Waals surface area contributed by atoms with E-state index in [-0.39, 0.29) is 30.1 Å². The second-order valence-electron chi connectivity index (χ2n) is 12.6. The summed E-state index contributed by atoms with van der Waals surface area (Å²) in [4.78, 5) is 30.6. The molecule has 0 radical (unpaired) electrons. The fraction of sp³-hybridized carbons (Fsp3) is 0.562. The van der Waals surface area contributed by atoms with E-state index >= 15 is 0 Å². The van der Waals surface area contributed by atoms with Crippen molar-refractivity contribution in [3.63, 3.8) is 0 Å². The summed E-state index contributed by atoms with van der Waals surface area (Å²) in [6, 6.07) is 11.9. The summed E-state index contributed by atoms with van der Waals surface area (Å²) < 4.78 is 17.2. The number of carbonyl (C=O) groups is 2. The Kier molecular flexibility index (Phi) is 7.89. The number of ether oxygens (including phenoxy) is 3. The van der Waals surface area contributed by atoms with Crippen LogP contribution < -0.4 is 19.7 Å². The van der Waals surface area contributed by atoms with Gasteiger partial charge in [0.15, 0.2) is 0 Å². The SMILES string of the molecule is COc1cc(OCC2CC2)cc([C@@H](C)NC(=O)c2cc(N3C[C@H]4CC[C@@H](C3)N4C(=O)OC(C)(C)C)ccc2C)c1. The zero-order valence-electron chi connectivity index (χ0n) is 24.7. The van der Waals surface area contributed by atoms with Crippen molar-refractivity contribution in [2.75, 3.05) is 31.7 Å². The van der Waals surface area contributed by atoms with Crippen molar-refractivity contribution >= 4 is 17.7 Å². The number of amides is 2. The van der Waals surface area contributed by atoms with Crippen LogP contribution in [-0.4, -0.2) is 61.4 Å². The monoisotopic (exact) mass is 549 g/mol. The number of methoxy groups -OCH3 is 1. The van der Waals surface area contributed by atoms with Gasteiger partial charge in [0.25, 0.3) is 5.91 Å². The van der Waals surface area contributed by atoms with Gasteiger partial charge < -0.3 is 24.4 Å². The lowest BCUT2D eigenvalue weighted by Crippen LogP contribution is -2.56. The molecule has 1 N–H and O–H groups in total. The molecule has 2 heterocycles. The number of carbonyl (C=O) groups excluding carboxylic acids is 2. The van der Waals surface area contributed by atoms with Gasteiger partial charge in [0.2, 0.25) is 0 Å². The van der Waals surface area contributed by atoms with Gasteiger partial charge >= 0.3 is 6.09 Å². The topological polar surface area (TPSA) is 80.3 Å². The molecule has 8 nitrogen and oxygen atoms in total. The van der Waals surface area contributed by atoms with E-state index < -0.39 is 5.60 Å². The van der Waals surface area contributed by atoms with Crippen LogP contribution in [0.25, 0.3) is 0 Å². The standard InChI is InChI=1S/C32H43N3O5/c1-20-7-10-24(34-17-25-11-12-26(18-34)35(25)31(37)40-32(3,4)5)15-29(20)30(36)33-21(2)23-13-27(38-6)16-28(14-23)39-19-22-8-9-22/h7,10,13-16,21-22,25-26H,8-9,11-12,17-19H2,1-6H3,(H,33,36)/t21-,25-,26+/m1/s1. The van der Waals surface area contributed by atoms with Crippen molar-refractivity contribution in [1.29, 1.82) is 0 Å². The van der Waals surface area contributed by atoms with Crippen LogP contribution in [0.3, 0.4) is 0 Å². The molecule has 3 atom stereocenters. The molecule has 8 heteroatoms. The predicted molar refractivity (Wildman–Crippen MR) is 155 cm³/mol. The highest BCUT2D eigenvalue weighted by molar-refractivity contribution is 5.97. The van der Waals surface area contributed by atoms with Crippen LogP contribution in [0.1, 0.15) is 80.9 Å². The third-order valence-electron chi connectivity index (χ3n) is 8.09. The van der Waals surface area contributed by atoms with Gasteiger partial charge in [-0.1, -0.05) is 6.07 Å². The maximum absolute atomic E-state index is 13.5. The largest absolute Gasteiger partial charge is 0.497 e. The third-order valence-corrected chi connectivity index (χ3v) is 8.09. The molecular formula is C32H43N3O5. The third kappa shape index (κ3) is 6.48. The van der Waals surface area contributed by atoms with Crippen LogP contribution in [0, 0.1) is 12.8 Å². The lowest BCUT2D eigenvalue weighted by molar-refractivity contribution is 0.0123. The van der Waals surface area contributed by atoms with Gasteiger partial charge in [-0.2, -0.15) is 0 Å². The van der Waals surface area contributed by atoms with E-state index in [0.29, 0.717) is 23.8 Å². The Labute approximate surface area is 238 Å². The van der Waals surface area contributed by atoms with Crippen LogP contribution in [0.15, 0.2) is 36.4 Å². The highest BCUT2D eigenvalue weighted by atomic mass is 16.6. The summed E-state index contributed by atoms with van der Waals surface area (Å²) in [5.41, 5.74) is 2.99. The number of hydrogen-bond donors (Lipinski definition) is 1. The average Bonchev–Trinajstić information content (AvgIpc) is 3.69. The van der Waals surface area contributed by atoms with E-state index in [9.17, 15) is 9.59 Å². The van der Waals surface area contributed by atoms with E-state index in [1.165, 1.54) is 12.8 Å². The van der Waals surface area contributed by atoms with E-state index in [4.69, 9.17) is 14.2 Å². The molecule has 0 unspecified atom stereocenters. The summed E-state index contributed by atoms with van der Waals surface area (Å²) in [6.45, 7) is 11.8. The number of rotatable bonds is 8. The summed E-state index contributed by atoms with van der Waals surface area (Å²) in [6.07, 6.45) is 4.15. The number of nitrogens with one attached hydrogen (secondary N) is 1. The number of piperazine rings is 1. The number of benzene rings is 2. The molecule has 2 aromatic rings. The Bertz CT molecular complexity index is 1240. The summed E-state index contributed by atoms with van der Waals surface area (Å²) in [5.74, 6) is 2.01. The highest BCUT2D eigenvalue weighted by Crippen LogP contribution is 2.35. The molecule has 40 heavy (non-hydrogen) atoms. The molecule has 2 aromatic carbocycles. The molecule has 1 aliphatic carbocycles. The van der Waals surface area contributed by atoms with Gasteiger partial charge in [-0.15, -0.1) is 0 Å². The molecule has 2 aliphatic heterocycles. The van der Waals surface area contributed by atoms with Crippen molar-refractivity contribution in [2.24, 2.45) is 5.92 Å². The zero-order valence-corrected chi connectivity index (χ0v) is 24.7. The number of anilines is 1. The van der Waals surface area contributed by atoms with Gasteiger partial charge in [0.05, 0.1) is 31.8 Å². The zero-order chi connectivity index (χ0) is 28.6. The van der Waals surface area contributed by atoms with E-state index in [1.54, 1.807) is 7.11 Å². The average molecular weight is 550 g/mol. The first-order valence-electron chi connectivity index (χ1n) is 14.5. The Morgan fingerprint density at radius 1 is 1.00 bits per heavy atom. The van der Waals surface area contributed by atoms with Crippen LogP contribution in [0.5, 0.6) is 11.5 Å². The fourth-order valence-corrected chi connectivity index (χ4v) is 5.68. The van der Waals surface area contributed by atoms with Crippen LogP contribution >= 0.6 is 0 Å². The quantitative estimate of drug-likeness (QED) is 0.444. The van der Waals surface area contributed by atoms with Gasteiger partial charge in [-0.05, 0) is 102 Å². The van der Waals surface area contributed by atoms with Gasteiger partial charge in [-0.25, -0.2) is 4.79 Å². The normalized spacial score (nSPS) is 21.1. The minimum Gasteiger partial charge on any atom is -0.497 e. The second-order valence-corrected chi connectivity index (χ2v) is 12.6. The molecule has 216 valence electrons. The Balaban J connectivity index is 1.27. The fourth-order valence-electron chi connectivity index (χ4n) is 5.68. The first-order valence-corrected chi connectivity index (χ1v) is 14.5. The van der Waals surface area contributed by atoms with Crippen molar-refractivity contribution in [3.8, 4) is 11.5 Å². The molecule has 2 amide bonds. The van der Waals surface area contributed by atoms with Crippen molar-refractivity contribution in [3.05, 3.63) is 53.1 Å². The molecule has 3 aliphatic rings. The molecule has 1 saturated carbocycles. The number of fused-ring (bicyclic) bond motifs is 2. The van der Waals surface area contributed by atoms with Crippen LogP contribution in [0.4, 0.5) is 10.5 Å². The molecular weight excluding hydrogens is 506 g/mol. The maximum Gasteiger partial charge on any atom is 0.410 e. The van der Waals surface area contributed by atoms with Gasteiger partial charge in [0, 0.05) is 30.4 Å². The second kappa shape index (κ2) is 11.2.